The molecular formula is C9H6Br2N2O2S2. The molecule has 8 heteroatoms. The van der Waals surface area contributed by atoms with Crippen LogP contribution < -0.4 is 5.73 Å². The Balaban J connectivity index is 2.48. The van der Waals surface area contributed by atoms with Crippen LogP contribution in [0.3, 0.4) is 0 Å². The second-order valence-corrected chi connectivity index (χ2v) is 7.74. The van der Waals surface area contributed by atoms with Crippen molar-refractivity contribution in [1.82, 2.24) is 4.98 Å². The van der Waals surface area contributed by atoms with Crippen molar-refractivity contribution in [1.29, 1.82) is 0 Å². The maximum Gasteiger partial charge on any atom is 0.359 e. The highest BCUT2D eigenvalue weighted by atomic mass is 79.9. The summed E-state index contributed by atoms with van der Waals surface area (Å²) in [6, 6.07) is 1.92. The van der Waals surface area contributed by atoms with Gasteiger partial charge >= 0.3 is 5.97 Å². The van der Waals surface area contributed by atoms with Gasteiger partial charge in [-0.3, -0.25) is 0 Å². The smallest absolute Gasteiger partial charge is 0.359 e. The molecule has 0 atom stereocenters. The molecule has 2 aromatic rings. The van der Waals surface area contributed by atoms with Gasteiger partial charge in [0.25, 0.3) is 0 Å². The normalized spacial score (nSPS) is 10.5. The van der Waals surface area contributed by atoms with E-state index >= 15 is 0 Å². The van der Waals surface area contributed by atoms with E-state index < -0.39 is 5.97 Å². The minimum atomic E-state index is -0.518. The number of nitrogens with two attached hydrogens (primary N) is 1. The van der Waals surface area contributed by atoms with Gasteiger partial charge < -0.3 is 10.5 Å². The standard InChI is InChI=1S/C9H6Br2N2O2S2/c1-15-9(14)5-7(12)17-8(13-5)3-2-4(10)16-6(3)11/h2H,12H2,1H3. The summed E-state index contributed by atoms with van der Waals surface area (Å²) in [6.45, 7) is 0. The zero-order valence-corrected chi connectivity index (χ0v) is 13.3. The van der Waals surface area contributed by atoms with Crippen molar-refractivity contribution in [2.75, 3.05) is 12.8 Å². The number of halogens is 2. The van der Waals surface area contributed by atoms with E-state index in [4.69, 9.17) is 5.73 Å². The molecule has 0 bridgehead atoms. The fourth-order valence-corrected chi connectivity index (χ4v) is 5.02. The Bertz CT molecular complexity index is 580. The van der Waals surface area contributed by atoms with Gasteiger partial charge in [0.05, 0.1) is 14.7 Å². The quantitative estimate of drug-likeness (QED) is 0.783. The van der Waals surface area contributed by atoms with Gasteiger partial charge in [0.2, 0.25) is 0 Å². The maximum absolute atomic E-state index is 11.4. The van der Waals surface area contributed by atoms with Gasteiger partial charge in [0.1, 0.15) is 10.0 Å². The van der Waals surface area contributed by atoms with Crippen LogP contribution in [0.25, 0.3) is 10.6 Å². The number of hydrogen-bond acceptors (Lipinski definition) is 6. The largest absolute Gasteiger partial charge is 0.464 e. The van der Waals surface area contributed by atoms with E-state index in [9.17, 15) is 4.79 Å². The van der Waals surface area contributed by atoms with Crippen molar-refractivity contribution in [3.05, 3.63) is 19.3 Å². The van der Waals surface area contributed by atoms with Crippen molar-refractivity contribution < 1.29 is 9.53 Å². The topological polar surface area (TPSA) is 65.2 Å². The summed E-state index contributed by atoms with van der Waals surface area (Å²) in [7, 11) is 1.30. The minimum absolute atomic E-state index is 0.168. The zero-order chi connectivity index (χ0) is 12.6. The number of thiazole rings is 1. The summed E-state index contributed by atoms with van der Waals surface area (Å²) in [6.07, 6.45) is 0. The number of esters is 1. The van der Waals surface area contributed by atoms with E-state index in [-0.39, 0.29) is 5.69 Å². The fourth-order valence-electron chi connectivity index (χ4n) is 1.18. The molecule has 0 saturated heterocycles. The molecule has 0 aromatic carbocycles. The Labute approximate surface area is 122 Å². The molecule has 90 valence electrons. The molecule has 0 radical (unpaired) electrons. The zero-order valence-electron chi connectivity index (χ0n) is 8.49. The molecule has 0 aliphatic carbocycles. The van der Waals surface area contributed by atoms with E-state index in [1.165, 1.54) is 29.8 Å². The van der Waals surface area contributed by atoms with Crippen molar-refractivity contribution in [3.63, 3.8) is 0 Å². The van der Waals surface area contributed by atoms with Crippen molar-refractivity contribution in [3.8, 4) is 10.6 Å². The number of methoxy groups -OCH3 is 1. The highest BCUT2D eigenvalue weighted by Gasteiger charge is 2.19. The molecule has 0 amide bonds. The molecule has 17 heavy (non-hydrogen) atoms. The van der Waals surface area contributed by atoms with Crippen molar-refractivity contribution in [2.45, 2.75) is 0 Å². The second kappa shape index (κ2) is 5.05. The first kappa shape index (κ1) is 13.0. The molecule has 0 spiro atoms. The van der Waals surface area contributed by atoms with Crippen molar-refractivity contribution in [2.24, 2.45) is 0 Å². The first-order valence-electron chi connectivity index (χ1n) is 4.32. The second-order valence-electron chi connectivity index (χ2n) is 2.96. The Morgan fingerprint density at radius 2 is 2.18 bits per heavy atom. The molecule has 0 fully saturated rings. The summed E-state index contributed by atoms with van der Waals surface area (Å²) < 4.78 is 6.53. The van der Waals surface area contributed by atoms with Gasteiger partial charge in [-0.1, -0.05) is 11.3 Å². The SMILES string of the molecule is COC(=O)c1nc(-c2cc(Br)sc2Br)sc1N. The average Bonchev–Trinajstić information content (AvgIpc) is 2.80. The lowest BCUT2D eigenvalue weighted by molar-refractivity contribution is 0.0596. The number of nitrogen functional groups attached to an aromatic ring is 1. The molecular weight excluding hydrogens is 392 g/mol. The van der Waals surface area contributed by atoms with Crippen LogP contribution in [0.5, 0.6) is 0 Å². The number of hydrogen-bond donors (Lipinski definition) is 1. The Kier molecular flexibility index (Phi) is 3.86. The van der Waals surface area contributed by atoms with Crippen LogP contribution >= 0.6 is 54.5 Å². The Morgan fingerprint density at radius 3 is 2.71 bits per heavy atom. The minimum Gasteiger partial charge on any atom is -0.464 e. The van der Waals surface area contributed by atoms with E-state index in [1.807, 2.05) is 6.07 Å². The number of rotatable bonds is 2. The van der Waals surface area contributed by atoms with E-state index in [2.05, 4.69) is 41.6 Å². The fraction of sp³-hybridized carbons (Fsp3) is 0.111. The molecule has 4 nitrogen and oxygen atoms in total. The Morgan fingerprint density at radius 1 is 1.47 bits per heavy atom. The summed E-state index contributed by atoms with van der Waals surface area (Å²) >= 11 is 9.63. The molecule has 0 saturated carbocycles. The number of aromatic nitrogens is 1. The first-order valence-corrected chi connectivity index (χ1v) is 7.54. The highest BCUT2D eigenvalue weighted by Crippen LogP contribution is 2.41. The number of anilines is 1. The van der Waals surface area contributed by atoms with Crippen LogP contribution in [0.2, 0.25) is 0 Å². The number of thiophene rings is 1. The average molecular weight is 398 g/mol. The third kappa shape index (κ3) is 2.54. The molecule has 2 N–H and O–H groups in total. The predicted octanol–water partition coefficient (Wildman–Crippen LogP) is 3.77. The van der Waals surface area contributed by atoms with E-state index in [0.29, 0.717) is 10.0 Å². The number of carbonyl (C=O) groups excluding carboxylic acids is 1. The van der Waals surface area contributed by atoms with Crippen LogP contribution in [-0.4, -0.2) is 18.1 Å². The third-order valence-corrected chi connectivity index (χ3v) is 5.18. The first-order chi connectivity index (χ1) is 8.02. The summed E-state index contributed by atoms with van der Waals surface area (Å²) in [5, 5.41) is 1.05. The maximum atomic E-state index is 11.4. The lowest BCUT2D eigenvalue weighted by Gasteiger charge is -1.93. The van der Waals surface area contributed by atoms with E-state index in [1.54, 1.807) is 0 Å². The van der Waals surface area contributed by atoms with Gasteiger partial charge in [0.15, 0.2) is 5.69 Å². The Hall–Kier alpha value is -0.440. The molecule has 2 aromatic heterocycles. The van der Waals surface area contributed by atoms with E-state index in [0.717, 1.165) is 13.1 Å². The summed E-state index contributed by atoms with van der Waals surface area (Å²) in [5.74, 6) is -0.518. The van der Waals surface area contributed by atoms with Crippen molar-refractivity contribution >= 4 is 65.5 Å². The van der Waals surface area contributed by atoms with Gasteiger partial charge in [-0.2, -0.15) is 0 Å². The summed E-state index contributed by atoms with van der Waals surface area (Å²) in [4.78, 5) is 15.6. The third-order valence-electron chi connectivity index (χ3n) is 1.92. The lowest BCUT2D eigenvalue weighted by atomic mass is 10.3. The van der Waals surface area contributed by atoms with Gasteiger partial charge in [-0.05, 0) is 37.9 Å². The van der Waals surface area contributed by atoms with Gasteiger partial charge in [-0.15, -0.1) is 11.3 Å². The molecule has 0 aliphatic rings. The predicted molar refractivity (Wildman–Crippen MR) is 76.6 cm³/mol. The van der Waals surface area contributed by atoms with Crippen LogP contribution in [0.4, 0.5) is 5.00 Å². The van der Waals surface area contributed by atoms with Gasteiger partial charge in [-0.25, -0.2) is 9.78 Å². The molecule has 2 rings (SSSR count). The lowest BCUT2D eigenvalue weighted by Crippen LogP contribution is -2.04. The molecule has 0 unspecified atom stereocenters. The van der Waals surface area contributed by atoms with Crippen LogP contribution in [-0.2, 0) is 4.74 Å². The number of carbonyl (C=O) groups is 1. The number of nitrogens with zero attached hydrogens (tertiary/aromatic N) is 1. The molecule has 2 heterocycles. The monoisotopic (exact) mass is 396 g/mol. The van der Waals surface area contributed by atoms with Crippen LogP contribution in [0.15, 0.2) is 13.6 Å². The van der Waals surface area contributed by atoms with Crippen LogP contribution in [0.1, 0.15) is 10.5 Å². The number of ether oxygens (including phenoxy) is 1. The summed E-state index contributed by atoms with van der Waals surface area (Å²) in [5.41, 5.74) is 6.82. The molecule has 0 aliphatic heterocycles. The highest BCUT2D eigenvalue weighted by molar-refractivity contribution is 9.12. The van der Waals surface area contributed by atoms with Crippen LogP contribution in [0, 0.1) is 0 Å². The van der Waals surface area contributed by atoms with Gasteiger partial charge in [0, 0.05) is 5.56 Å².